The molecule has 0 radical (unpaired) electrons. The first-order valence-corrected chi connectivity index (χ1v) is 11.0. The number of anilines is 2. The van der Waals surface area contributed by atoms with Crippen LogP contribution in [-0.2, 0) is 4.79 Å². The molecular formula is C23H21ClN2O2S. The van der Waals surface area contributed by atoms with E-state index in [-0.39, 0.29) is 11.8 Å². The fourth-order valence-corrected chi connectivity index (χ4v) is 4.61. The fraction of sp³-hybridized carbons (Fsp3) is 0.217. The van der Waals surface area contributed by atoms with Gasteiger partial charge in [0.1, 0.15) is 0 Å². The second-order valence-electron chi connectivity index (χ2n) is 6.86. The molecule has 1 N–H and O–H groups in total. The van der Waals surface area contributed by atoms with Crippen LogP contribution in [0, 0.1) is 0 Å². The number of carbonyl (C=O) groups is 2. The van der Waals surface area contributed by atoms with Crippen LogP contribution in [0.5, 0.6) is 0 Å². The Labute approximate surface area is 179 Å². The molecular weight excluding hydrogens is 404 g/mol. The minimum atomic E-state index is -0.0147. The average Bonchev–Trinajstić information content (AvgIpc) is 3.01. The predicted molar refractivity (Wildman–Crippen MR) is 121 cm³/mol. The van der Waals surface area contributed by atoms with Gasteiger partial charge >= 0.3 is 0 Å². The molecule has 29 heavy (non-hydrogen) atoms. The Kier molecular flexibility index (Phi) is 5.79. The molecule has 6 heteroatoms. The molecule has 0 saturated carbocycles. The second-order valence-corrected chi connectivity index (χ2v) is 8.47. The van der Waals surface area contributed by atoms with E-state index in [0.717, 1.165) is 44.2 Å². The summed E-state index contributed by atoms with van der Waals surface area (Å²) >= 11 is 7.61. The molecule has 1 aliphatic heterocycles. The van der Waals surface area contributed by atoms with Crippen LogP contribution in [0.15, 0.2) is 59.5 Å². The lowest BCUT2D eigenvalue weighted by Crippen LogP contribution is -2.25. The maximum absolute atomic E-state index is 12.6. The van der Waals surface area contributed by atoms with Crippen molar-refractivity contribution < 1.29 is 9.59 Å². The first kappa shape index (κ1) is 19.8. The molecule has 0 bridgehead atoms. The van der Waals surface area contributed by atoms with Gasteiger partial charge in [0.05, 0.1) is 5.69 Å². The third kappa shape index (κ3) is 3.98. The summed E-state index contributed by atoms with van der Waals surface area (Å²) in [5.74, 6) is 0.869. The molecule has 4 rings (SSSR count). The van der Waals surface area contributed by atoms with E-state index in [1.807, 2.05) is 61.5 Å². The molecule has 1 aliphatic rings. The number of thioether (sulfide) groups is 1. The molecule has 4 nitrogen and oxygen atoms in total. The molecule has 0 spiro atoms. The Morgan fingerprint density at radius 2 is 1.90 bits per heavy atom. The number of hydrogen-bond donors (Lipinski definition) is 1. The zero-order valence-electron chi connectivity index (χ0n) is 16.1. The van der Waals surface area contributed by atoms with Crippen molar-refractivity contribution in [3.63, 3.8) is 0 Å². The fourth-order valence-electron chi connectivity index (χ4n) is 3.64. The van der Waals surface area contributed by atoms with Gasteiger partial charge < -0.3 is 10.2 Å². The van der Waals surface area contributed by atoms with Crippen LogP contribution in [-0.4, -0.2) is 24.1 Å². The quantitative estimate of drug-likeness (QED) is 0.374. The third-order valence-electron chi connectivity index (χ3n) is 5.01. The van der Waals surface area contributed by atoms with Crippen molar-refractivity contribution in [3.8, 4) is 0 Å². The number of hydrogen-bond acceptors (Lipinski definition) is 3. The molecule has 148 valence electrons. The van der Waals surface area contributed by atoms with Crippen molar-refractivity contribution >= 4 is 57.3 Å². The van der Waals surface area contributed by atoms with Gasteiger partial charge in [-0.25, -0.2) is 0 Å². The first-order chi connectivity index (χ1) is 14.1. The highest BCUT2D eigenvalue weighted by Gasteiger charge is 2.29. The number of nitrogens with one attached hydrogen (secondary N) is 1. The molecule has 0 aromatic heterocycles. The molecule has 3 aromatic rings. The second kappa shape index (κ2) is 8.47. The van der Waals surface area contributed by atoms with Crippen molar-refractivity contribution in [3.05, 3.63) is 65.2 Å². The van der Waals surface area contributed by atoms with Crippen LogP contribution in [0.2, 0.25) is 5.02 Å². The number of halogens is 1. The van der Waals surface area contributed by atoms with Gasteiger partial charge in [-0.1, -0.05) is 23.7 Å². The van der Waals surface area contributed by atoms with Gasteiger partial charge in [0.25, 0.3) is 5.91 Å². The van der Waals surface area contributed by atoms with Gasteiger partial charge in [-0.05, 0) is 61.6 Å². The van der Waals surface area contributed by atoms with Crippen molar-refractivity contribution in [2.24, 2.45) is 0 Å². The molecule has 3 aromatic carbocycles. The molecule has 0 atom stereocenters. The van der Waals surface area contributed by atoms with E-state index in [2.05, 4.69) is 5.32 Å². The maximum atomic E-state index is 12.6. The summed E-state index contributed by atoms with van der Waals surface area (Å²) < 4.78 is 0. The van der Waals surface area contributed by atoms with E-state index in [1.54, 1.807) is 16.7 Å². The van der Waals surface area contributed by atoms with E-state index in [0.29, 0.717) is 18.5 Å². The van der Waals surface area contributed by atoms with E-state index >= 15 is 0 Å². The topological polar surface area (TPSA) is 49.4 Å². The molecule has 0 unspecified atom stereocenters. The Hall–Kier alpha value is -2.50. The van der Waals surface area contributed by atoms with Crippen LogP contribution in [0.3, 0.4) is 0 Å². The zero-order valence-corrected chi connectivity index (χ0v) is 17.6. The Morgan fingerprint density at radius 1 is 1.10 bits per heavy atom. The number of nitrogens with zero attached hydrogens (tertiary/aromatic N) is 1. The molecule has 0 fully saturated rings. The SMILES string of the molecule is CCN1C(=O)c2cccc3c(NC(=O)CCCSc4ccc(Cl)cc4)ccc1c23. The van der Waals surface area contributed by atoms with Gasteiger partial charge in [-0.3, -0.25) is 9.59 Å². The average molecular weight is 425 g/mol. The number of rotatable bonds is 7. The van der Waals surface area contributed by atoms with Gasteiger partial charge in [0, 0.05) is 44.9 Å². The summed E-state index contributed by atoms with van der Waals surface area (Å²) in [6.07, 6.45) is 1.23. The van der Waals surface area contributed by atoms with Gasteiger partial charge in [-0.2, -0.15) is 0 Å². The van der Waals surface area contributed by atoms with Crippen LogP contribution >= 0.6 is 23.4 Å². The van der Waals surface area contributed by atoms with Crippen molar-refractivity contribution in [2.45, 2.75) is 24.7 Å². The molecule has 0 aliphatic carbocycles. The summed E-state index contributed by atoms with van der Waals surface area (Å²) in [4.78, 5) is 28.0. The normalized spacial score (nSPS) is 12.6. The third-order valence-corrected chi connectivity index (χ3v) is 6.36. The van der Waals surface area contributed by atoms with Crippen molar-refractivity contribution in [1.82, 2.24) is 0 Å². The molecule has 0 saturated heterocycles. The van der Waals surface area contributed by atoms with E-state index in [4.69, 9.17) is 11.6 Å². The lowest BCUT2D eigenvalue weighted by Gasteiger charge is -2.15. The van der Waals surface area contributed by atoms with Crippen LogP contribution in [0.4, 0.5) is 11.4 Å². The van der Waals surface area contributed by atoms with E-state index in [9.17, 15) is 9.59 Å². The van der Waals surface area contributed by atoms with E-state index < -0.39 is 0 Å². The van der Waals surface area contributed by atoms with Crippen molar-refractivity contribution in [1.29, 1.82) is 0 Å². The molecule has 1 heterocycles. The summed E-state index contributed by atoms with van der Waals surface area (Å²) in [5, 5.41) is 5.59. The zero-order chi connectivity index (χ0) is 20.4. The Balaban J connectivity index is 1.41. The highest BCUT2D eigenvalue weighted by atomic mass is 35.5. The highest BCUT2D eigenvalue weighted by molar-refractivity contribution is 7.99. The van der Waals surface area contributed by atoms with Crippen LogP contribution < -0.4 is 10.2 Å². The number of carbonyl (C=O) groups excluding carboxylic acids is 2. The van der Waals surface area contributed by atoms with Crippen LogP contribution in [0.25, 0.3) is 10.8 Å². The minimum absolute atomic E-state index is 0.0147. The lowest BCUT2D eigenvalue weighted by molar-refractivity contribution is -0.116. The highest BCUT2D eigenvalue weighted by Crippen LogP contribution is 2.40. The standard InChI is InChI=1S/C23H21ClN2O2S/c1-2-26-20-13-12-19(17-5-3-6-18(22(17)20)23(26)28)25-21(27)7-4-14-29-16-10-8-15(24)9-11-16/h3,5-6,8-13H,2,4,7,14H2,1H3,(H,25,27). The lowest BCUT2D eigenvalue weighted by atomic mass is 10.0. The summed E-state index contributed by atoms with van der Waals surface area (Å²) in [6.45, 7) is 2.59. The smallest absolute Gasteiger partial charge is 0.258 e. The first-order valence-electron chi connectivity index (χ1n) is 9.64. The van der Waals surface area contributed by atoms with Gasteiger partial charge in [-0.15, -0.1) is 11.8 Å². The maximum Gasteiger partial charge on any atom is 0.258 e. The van der Waals surface area contributed by atoms with Crippen molar-refractivity contribution in [2.75, 3.05) is 22.5 Å². The summed E-state index contributed by atoms with van der Waals surface area (Å²) in [7, 11) is 0. The Bertz CT molecular complexity index is 1080. The number of benzene rings is 3. The Morgan fingerprint density at radius 3 is 2.66 bits per heavy atom. The predicted octanol–water partition coefficient (Wildman–Crippen LogP) is 5.98. The van der Waals surface area contributed by atoms with Gasteiger partial charge in [0.2, 0.25) is 5.91 Å². The summed E-state index contributed by atoms with van der Waals surface area (Å²) in [5.41, 5.74) is 2.38. The molecule has 2 amide bonds. The van der Waals surface area contributed by atoms with Crippen LogP contribution in [0.1, 0.15) is 30.1 Å². The van der Waals surface area contributed by atoms with Gasteiger partial charge in [0.15, 0.2) is 0 Å². The minimum Gasteiger partial charge on any atom is -0.326 e. The largest absolute Gasteiger partial charge is 0.326 e. The monoisotopic (exact) mass is 424 g/mol. The summed E-state index contributed by atoms with van der Waals surface area (Å²) in [6, 6.07) is 17.2. The number of amides is 2. The van der Waals surface area contributed by atoms with E-state index in [1.165, 1.54) is 0 Å².